The fraction of sp³-hybridized carbons (Fsp3) is 0.524. The Bertz CT molecular complexity index is 1040. The van der Waals surface area contributed by atoms with Crippen LogP contribution < -0.4 is 15.8 Å². The third kappa shape index (κ3) is 2.56. The van der Waals surface area contributed by atoms with Crippen molar-refractivity contribution in [1.29, 1.82) is 0 Å². The van der Waals surface area contributed by atoms with Gasteiger partial charge in [-0.2, -0.15) is 0 Å². The molecular formula is C21H24FN3O3. The van der Waals surface area contributed by atoms with E-state index in [2.05, 4.69) is 10.2 Å². The molecular weight excluding hydrogens is 361 g/mol. The van der Waals surface area contributed by atoms with Gasteiger partial charge in [0.25, 0.3) is 5.56 Å². The summed E-state index contributed by atoms with van der Waals surface area (Å²) in [5.41, 5.74) is 1.89. The average Bonchev–Trinajstić information content (AvgIpc) is 3.43. The van der Waals surface area contributed by atoms with Crippen molar-refractivity contribution in [3.05, 3.63) is 45.1 Å². The zero-order chi connectivity index (χ0) is 19.6. The first kappa shape index (κ1) is 17.7. The van der Waals surface area contributed by atoms with E-state index in [0.29, 0.717) is 17.2 Å². The number of carboxylic acids is 1. The number of aromatic nitrogens is 1. The van der Waals surface area contributed by atoms with E-state index in [9.17, 15) is 14.7 Å². The topological polar surface area (TPSA) is 74.0 Å². The molecule has 3 aliphatic rings. The van der Waals surface area contributed by atoms with Crippen LogP contribution in [-0.2, 0) is 0 Å². The summed E-state index contributed by atoms with van der Waals surface area (Å²) in [5, 5.41) is 13.0. The number of hydrogen-bond donors (Lipinski definition) is 2. The number of carboxylic acid groups (broad SMARTS) is 1. The molecule has 0 aromatic carbocycles. The monoisotopic (exact) mass is 385 g/mol. The highest BCUT2D eigenvalue weighted by Crippen LogP contribution is 2.44. The van der Waals surface area contributed by atoms with Crippen LogP contribution in [0.2, 0.25) is 0 Å². The molecule has 0 spiro atoms. The van der Waals surface area contributed by atoms with Gasteiger partial charge in [0.15, 0.2) is 5.82 Å². The molecule has 6 nitrogen and oxygen atoms in total. The quantitative estimate of drug-likeness (QED) is 0.850. The molecule has 7 heteroatoms. The Kier molecular flexibility index (Phi) is 3.98. The molecule has 1 saturated carbocycles. The fourth-order valence-corrected chi connectivity index (χ4v) is 5.18. The Morgan fingerprint density at radius 2 is 2.07 bits per heavy atom. The van der Waals surface area contributed by atoms with E-state index in [1.807, 2.05) is 6.92 Å². The Hall–Kier alpha value is -2.41. The predicted octanol–water partition coefficient (Wildman–Crippen LogP) is 2.65. The van der Waals surface area contributed by atoms with E-state index < -0.39 is 17.3 Å². The predicted molar refractivity (Wildman–Crippen MR) is 104 cm³/mol. The van der Waals surface area contributed by atoms with Gasteiger partial charge in [-0.3, -0.25) is 9.20 Å². The fourth-order valence-electron chi connectivity index (χ4n) is 5.18. The van der Waals surface area contributed by atoms with Gasteiger partial charge in [0, 0.05) is 18.6 Å². The van der Waals surface area contributed by atoms with Crippen molar-refractivity contribution in [2.75, 3.05) is 18.0 Å². The van der Waals surface area contributed by atoms with Crippen LogP contribution in [0.5, 0.6) is 0 Å². The molecule has 2 aromatic rings. The highest BCUT2D eigenvalue weighted by atomic mass is 19.1. The number of anilines is 1. The number of nitrogens with zero attached hydrogens (tertiary/aromatic N) is 2. The van der Waals surface area contributed by atoms with E-state index in [-0.39, 0.29) is 17.5 Å². The molecule has 0 bridgehead atoms. The number of aryl methyl sites for hydroxylation is 1. The van der Waals surface area contributed by atoms with Gasteiger partial charge in [-0.15, -0.1) is 0 Å². The van der Waals surface area contributed by atoms with Crippen LogP contribution in [0.4, 0.5) is 10.1 Å². The lowest BCUT2D eigenvalue weighted by atomic mass is 9.98. The second kappa shape index (κ2) is 6.30. The Morgan fingerprint density at radius 1 is 1.29 bits per heavy atom. The van der Waals surface area contributed by atoms with Gasteiger partial charge in [-0.05, 0) is 68.7 Å². The summed E-state index contributed by atoms with van der Waals surface area (Å²) in [5.74, 6) is -1.48. The lowest BCUT2D eigenvalue weighted by molar-refractivity contribution is 0.0694. The van der Waals surface area contributed by atoms with Gasteiger partial charge in [0.2, 0.25) is 0 Å². The third-order valence-corrected chi connectivity index (χ3v) is 6.61. The molecule has 2 aliphatic heterocycles. The Balaban J connectivity index is 1.74. The maximum absolute atomic E-state index is 15.3. The number of pyridine rings is 2. The van der Waals surface area contributed by atoms with Gasteiger partial charge < -0.3 is 15.3 Å². The smallest absolute Gasteiger partial charge is 0.341 e. The van der Waals surface area contributed by atoms with Gasteiger partial charge in [0.05, 0.1) is 17.4 Å². The number of aromatic carboxylic acids is 1. The number of rotatable bonds is 3. The molecule has 0 unspecified atom stereocenters. The molecule has 5 rings (SSSR count). The third-order valence-electron chi connectivity index (χ3n) is 6.61. The minimum absolute atomic E-state index is 0.244. The molecule has 3 fully saturated rings. The number of carbonyl (C=O) groups is 1. The molecule has 2 aromatic heterocycles. The van der Waals surface area contributed by atoms with Crippen LogP contribution in [0.3, 0.4) is 0 Å². The first-order chi connectivity index (χ1) is 13.5. The van der Waals surface area contributed by atoms with Gasteiger partial charge >= 0.3 is 5.97 Å². The number of nitrogens with one attached hydrogen (secondary N) is 1. The van der Waals surface area contributed by atoms with Crippen LogP contribution in [0.25, 0.3) is 5.52 Å². The van der Waals surface area contributed by atoms with Crippen molar-refractivity contribution in [2.24, 2.45) is 0 Å². The molecule has 0 radical (unpaired) electrons. The maximum atomic E-state index is 15.3. The molecule has 0 amide bonds. The van der Waals surface area contributed by atoms with E-state index in [4.69, 9.17) is 0 Å². The second-order valence-electron chi connectivity index (χ2n) is 8.32. The van der Waals surface area contributed by atoms with Gasteiger partial charge in [0.1, 0.15) is 5.56 Å². The summed E-state index contributed by atoms with van der Waals surface area (Å²) in [6.45, 7) is 3.66. The number of halogens is 1. The lowest BCUT2D eigenvalue weighted by Crippen LogP contribution is -2.47. The number of hydrogen-bond acceptors (Lipinski definition) is 4. The van der Waals surface area contributed by atoms with Gasteiger partial charge in [-0.25, -0.2) is 9.18 Å². The summed E-state index contributed by atoms with van der Waals surface area (Å²) in [6, 6.07) is 2.16. The molecule has 2 atom stereocenters. The van der Waals surface area contributed by atoms with E-state index >= 15 is 4.39 Å². The molecule has 4 heterocycles. The van der Waals surface area contributed by atoms with Crippen LogP contribution >= 0.6 is 0 Å². The summed E-state index contributed by atoms with van der Waals surface area (Å²) in [6.07, 6.45) is 6.22. The highest BCUT2D eigenvalue weighted by Gasteiger charge is 2.38. The van der Waals surface area contributed by atoms with Gasteiger partial charge in [-0.1, -0.05) is 0 Å². The highest BCUT2D eigenvalue weighted by molar-refractivity contribution is 5.89. The molecule has 2 saturated heterocycles. The molecule has 28 heavy (non-hydrogen) atoms. The van der Waals surface area contributed by atoms with Crippen molar-refractivity contribution in [3.63, 3.8) is 0 Å². The van der Waals surface area contributed by atoms with Crippen molar-refractivity contribution >= 4 is 17.2 Å². The Labute approximate surface area is 162 Å². The normalized spacial score (nSPS) is 24.6. The largest absolute Gasteiger partial charge is 0.477 e. The SMILES string of the molecule is Cc1c(N2CC[C@@H]3NCCC[C@@H]32)c(F)cn2c(=O)c(C(=O)O)cc(C3CC3)c12. The summed E-state index contributed by atoms with van der Waals surface area (Å²) < 4.78 is 16.5. The zero-order valence-electron chi connectivity index (χ0n) is 15.9. The standard InChI is InChI=1S/C21H24FN3O3/c1-11-18-13(12-4-5-12)9-14(21(27)28)20(26)25(18)10-15(22)19(11)24-8-6-16-17(24)3-2-7-23-16/h9-10,12,16-17,23H,2-8H2,1H3,(H,27,28)/t16-,17-/m0/s1. The first-order valence-electron chi connectivity index (χ1n) is 10.1. The number of piperidine rings is 1. The van der Waals surface area contributed by atoms with Crippen LogP contribution in [0.15, 0.2) is 17.1 Å². The molecule has 2 N–H and O–H groups in total. The lowest BCUT2D eigenvalue weighted by Gasteiger charge is -2.35. The van der Waals surface area contributed by atoms with Crippen molar-refractivity contribution in [3.8, 4) is 0 Å². The average molecular weight is 385 g/mol. The number of fused-ring (bicyclic) bond motifs is 2. The minimum Gasteiger partial charge on any atom is -0.477 e. The Morgan fingerprint density at radius 3 is 2.79 bits per heavy atom. The van der Waals surface area contributed by atoms with Crippen molar-refractivity contribution in [2.45, 2.75) is 57.0 Å². The van der Waals surface area contributed by atoms with Crippen molar-refractivity contribution in [1.82, 2.24) is 9.72 Å². The first-order valence-corrected chi connectivity index (χ1v) is 10.1. The zero-order valence-corrected chi connectivity index (χ0v) is 15.9. The molecule has 1 aliphatic carbocycles. The van der Waals surface area contributed by atoms with E-state index in [1.54, 1.807) is 0 Å². The van der Waals surface area contributed by atoms with E-state index in [0.717, 1.165) is 56.3 Å². The minimum atomic E-state index is -1.26. The summed E-state index contributed by atoms with van der Waals surface area (Å²) in [7, 11) is 0. The summed E-state index contributed by atoms with van der Waals surface area (Å²) in [4.78, 5) is 26.4. The summed E-state index contributed by atoms with van der Waals surface area (Å²) >= 11 is 0. The van der Waals surface area contributed by atoms with Crippen molar-refractivity contribution < 1.29 is 14.3 Å². The van der Waals surface area contributed by atoms with Crippen LogP contribution in [0.1, 0.15) is 59.5 Å². The second-order valence-corrected chi connectivity index (χ2v) is 8.32. The van der Waals surface area contributed by atoms with Crippen LogP contribution in [-0.4, -0.2) is 40.6 Å². The van der Waals surface area contributed by atoms with E-state index in [1.165, 1.54) is 16.7 Å². The molecule has 148 valence electrons. The maximum Gasteiger partial charge on any atom is 0.341 e. The van der Waals surface area contributed by atoms with Crippen LogP contribution in [0, 0.1) is 12.7 Å².